The number of carbonyl (C=O) groups is 1. The lowest BCUT2D eigenvalue weighted by atomic mass is 10.1. The molecule has 0 saturated carbocycles. The molecule has 7 heteroatoms. The highest BCUT2D eigenvalue weighted by atomic mass is 32.2. The molecule has 0 bridgehead atoms. The fourth-order valence-electron chi connectivity index (χ4n) is 2.15. The highest BCUT2D eigenvalue weighted by molar-refractivity contribution is 7.92. The van der Waals surface area contributed by atoms with E-state index in [1.807, 2.05) is 31.2 Å². The Labute approximate surface area is 148 Å². The van der Waals surface area contributed by atoms with Gasteiger partial charge in [0.05, 0.1) is 12.9 Å². The summed E-state index contributed by atoms with van der Waals surface area (Å²) in [6, 6.07) is 13.9. The molecule has 0 aliphatic heterocycles. The molecule has 0 aromatic heterocycles. The summed E-state index contributed by atoms with van der Waals surface area (Å²) in [5.74, 6) is 0.528. The van der Waals surface area contributed by atoms with Crippen LogP contribution in [0.1, 0.15) is 29.3 Å². The Kier molecular flexibility index (Phi) is 6.41. The molecule has 134 valence electrons. The molecular formula is C18H22N2O4S. The van der Waals surface area contributed by atoms with Crippen LogP contribution in [0.3, 0.4) is 0 Å². The lowest BCUT2D eigenvalue weighted by molar-refractivity contribution is 0.0951. The summed E-state index contributed by atoms with van der Waals surface area (Å²) in [6.07, 6.45) is 2.01. The minimum atomic E-state index is -3.38. The molecule has 0 heterocycles. The number of hydrogen-bond donors (Lipinski definition) is 2. The zero-order chi connectivity index (χ0) is 18.3. The molecule has 0 radical (unpaired) electrons. The maximum atomic E-state index is 12.2. The fourth-order valence-corrected chi connectivity index (χ4v) is 2.70. The second kappa shape index (κ2) is 8.53. The van der Waals surface area contributed by atoms with E-state index in [0.29, 0.717) is 24.4 Å². The predicted molar refractivity (Wildman–Crippen MR) is 98.3 cm³/mol. The first-order valence-electron chi connectivity index (χ1n) is 7.95. The fraction of sp³-hybridized carbons (Fsp3) is 0.278. The van der Waals surface area contributed by atoms with Crippen LogP contribution >= 0.6 is 0 Å². The average molecular weight is 362 g/mol. The van der Waals surface area contributed by atoms with Crippen molar-refractivity contribution in [1.82, 2.24) is 5.32 Å². The molecule has 25 heavy (non-hydrogen) atoms. The molecule has 0 aliphatic carbocycles. The van der Waals surface area contributed by atoms with Crippen molar-refractivity contribution in [3.05, 3.63) is 59.7 Å². The lowest BCUT2D eigenvalue weighted by Gasteiger charge is -2.09. The quantitative estimate of drug-likeness (QED) is 0.756. The standard InChI is InChI=1S/C18H22N2O4S/c1-3-11-24-17-9-7-14(8-10-17)13-19-18(21)15-5-4-6-16(12-15)20-25(2,22)23/h4-10,12,20H,3,11,13H2,1-2H3,(H,19,21). The minimum Gasteiger partial charge on any atom is -0.494 e. The Morgan fingerprint density at radius 3 is 2.48 bits per heavy atom. The average Bonchev–Trinajstić information content (AvgIpc) is 2.57. The van der Waals surface area contributed by atoms with Gasteiger partial charge in [0.1, 0.15) is 5.75 Å². The lowest BCUT2D eigenvalue weighted by Crippen LogP contribution is -2.23. The van der Waals surface area contributed by atoms with Gasteiger partial charge in [-0.15, -0.1) is 0 Å². The SMILES string of the molecule is CCCOc1ccc(CNC(=O)c2cccc(NS(C)(=O)=O)c2)cc1. The summed E-state index contributed by atoms with van der Waals surface area (Å²) in [5, 5.41) is 2.81. The molecule has 0 spiro atoms. The Balaban J connectivity index is 1.95. The van der Waals surface area contributed by atoms with Gasteiger partial charge in [0, 0.05) is 17.8 Å². The van der Waals surface area contributed by atoms with Gasteiger partial charge in [-0.05, 0) is 42.3 Å². The van der Waals surface area contributed by atoms with Crippen molar-refractivity contribution < 1.29 is 17.9 Å². The summed E-state index contributed by atoms with van der Waals surface area (Å²) in [4.78, 5) is 12.2. The first kappa shape index (κ1) is 18.8. The topological polar surface area (TPSA) is 84.5 Å². The van der Waals surface area contributed by atoms with E-state index in [1.165, 1.54) is 6.07 Å². The van der Waals surface area contributed by atoms with Crippen LogP contribution in [0.15, 0.2) is 48.5 Å². The molecule has 2 N–H and O–H groups in total. The number of carbonyl (C=O) groups excluding carboxylic acids is 1. The molecular weight excluding hydrogens is 340 g/mol. The van der Waals surface area contributed by atoms with Gasteiger partial charge in [0.2, 0.25) is 10.0 Å². The molecule has 6 nitrogen and oxygen atoms in total. The molecule has 0 unspecified atom stereocenters. The number of sulfonamides is 1. The van der Waals surface area contributed by atoms with Gasteiger partial charge in [0.15, 0.2) is 0 Å². The summed E-state index contributed by atoms with van der Waals surface area (Å²) in [5.41, 5.74) is 1.69. The first-order valence-corrected chi connectivity index (χ1v) is 9.84. The van der Waals surface area contributed by atoms with E-state index < -0.39 is 10.0 Å². The third-order valence-electron chi connectivity index (χ3n) is 3.28. The second-order valence-electron chi connectivity index (χ2n) is 5.63. The molecule has 2 rings (SSSR count). The third kappa shape index (κ3) is 6.46. The Morgan fingerprint density at radius 1 is 1.12 bits per heavy atom. The van der Waals surface area contributed by atoms with Crippen LogP contribution in [0, 0.1) is 0 Å². The van der Waals surface area contributed by atoms with Crippen molar-refractivity contribution in [1.29, 1.82) is 0 Å². The van der Waals surface area contributed by atoms with E-state index in [1.54, 1.807) is 18.2 Å². The summed E-state index contributed by atoms with van der Waals surface area (Å²) in [6.45, 7) is 3.09. The van der Waals surface area contributed by atoms with Gasteiger partial charge in [-0.25, -0.2) is 8.42 Å². The number of benzene rings is 2. The normalized spacial score (nSPS) is 11.0. The largest absolute Gasteiger partial charge is 0.494 e. The van der Waals surface area contributed by atoms with Gasteiger partial charge < -0.3 is 10.1 Å². The van der Waals surface area contributed by atoms with Crippen molar-refractivity contribution in [2.24, 2.45) is 0 Å². The highest BCUT2D eigenvalue weighted by Crippen LogP contribution is 2.14. The molecule has 2 aromatic rings. The number of nitrogens with one attached hydrogen (secondary N) is 2. The third-order valence-corrected chi connectivity index (χ3v) is 3.88. The van der Waals surface area contributed by atoms with Gasteiger partial charge in [0.25, 0.3) is 5.91 Å². The Morgan fingerprint density at radius 2 is 1.84 bits per heavy atom. The van der Waals surface area contributed by atoms with E-state index in [-0.39, 0.29) is 5.91 Å². The van der Waals surface area contributed by atoms with Crippen molar-refractivity contribution >= 4 is 21.6 Å². The molecule has 0 fully saturated rings. The molecule has 0 atom stereocenters. The minimum absolute atomic E-state index is 0.275. The second-order valence-corrected chi connectivity index (χ2v) is 7.38. The van der Waals surface area contributed by atoms with E-state index in [9.17, 15) is 13.2 Å². The van der Waals surface area contributed by atoms with Crippen LogP contribution in [0.4, 0.5) is 5.69 Å². The molecule has 2 aromatic carbocycles. The van der Waals surface area contributed by atoms with Crippen LogP contribution in [-0.2, 0) is 16.6 Å². The highest BCUT2D eigenvalue weighted by Gasteiger charge is 2.08. The van der Waals surface area contributed by atoms with Crippen LogP contribution < -0.4 is 14.8 Å². The van der Waals surface area contributed by atoms with E-state index in [0.717, 1.165) is 24.0 Å². The van der Waals surface area contributed by atoms with Crippen LogP contribution in [0.2, 0.25) is 0 Å². The Hall–Kier alpha value is -2.54. The number of rotatable bonds is 8. The van der Waals surface area contributed by atoms with E-state index in [4.69, 9.17) is 4.74 Å². The summed E-state index contributed by atoms with van der Waals surface area (Å²) < 4.78 is 30.4. The van der Waals surface area contributed by atoms with Gasteiger partial charge in [-0.2, -0.15) is 0 Å². The number of anilines is 1. The summed E-state index contributed by atoms with van der Waals surface area (Å²) >= 11 is 0. The van der Waals surface area contributed by atoms with Crippen LogP contribution in [0.25, 0.3) is 0 Å². The molecule has 1 amide bonds. The van der Waals surface area contributed by atoms with Gasteiger partial charge in [-0.1, -0.05) is 25.1 Å². The van der Waals surface area contributed by atoms with Crippen LogP contribution in [0.5, 0.6) is 5.75 Å². The van der Waals surface area contributed by atoms with Gasteiger partial charge >= 0.3 is 0 Å². The van der Waals surface area contributed by atoms with Crippen molar-refractivity contribution in [2.45, 2.75) is 19.9 Å². The van der Waals surface area contributed by atoms with Crippen molar-refractivity contribution in [2.75, 3.05) is 17.6 Å². The van der Waals surface area contributed by atoms with Crippen molar-refractivity contribution in [3.8, 4) is 5.75 Å². The Bertz CT molecular complexity index is 817. The molecule has 0 saturated heterocycles. The zero-order valence-electron chi connectivity index (χ0n) is 14.3. The smallest absolute Gasteiger partial charge is 0.251 e. The monoisotopic (exact) mass is 362 g/mol. The van der Waals surface area contributed by atoms with E-state index in [2.05, 4.69) is 10.0 Å². The number of amides is 1. The zero-order valence-corrected chi connectivity index (χ0v) is 15.1. The summed E-state index contributed by atoms with van der Waals surface area (Å²) in [7, 11) is -3.38. The predicted octanol–water partition coefficient (Wildman–Crippen LogP) is 2.78. The number of ether oxygens (including phenoxy) is 1. The number of hydrogen-bond acceptors (Lipinski definition) is 4. The maximum Gasteiger partial charge on any atom is 0.251 e. The van der Waals surface area contributed by atoms with Crippen molar-refractivity contribution in [3.63, 3.8) is 0 Å². The van der Waals surface area contributed by atoms with E-state index >= 15 is 0 Å². The molecule has 0 aliphatic rings. The first-order chi connectivity index (χ1) is 11.9. The van der Waals surface area contributed by atoms with Crippen LogP contribution in [-0.4, -0.2) is 27.2 Å². The van der Waals surface area contributed by atoms with Gasteiger partial charge in [-0.3, -0.25) is 9.52 Å². The maximum absolute atomic E-state index is 12.2.